The number of nitrogens with zero attached hydrogens (tertiary/aromatic N) is 3. The number of imide groups is 1. The lowest BCUT2D eigenvalue weighted by molar-refractivity contribution is -0.277. The lowest BCUT2D eigenvalue weighted by Gasteiger charge is -2.39. The molecule has 3 aromatic rings. The molecule has 2 fully saturated rings. The normalized spacial score (nSPS) is 20.1. The van der Waals surface area contributed by atoms with Gasteiger partial charge in [0.25, 0.3) is 17.7 Å². The van der Waals surface area contributed by atoms with E-state index >= 15 is 0 Å². The summed E-state index contributed by atoms with van der Waals surface area (Å²) in [5, 5.41) is 54.0. The van der Waals surface area contributed by atoms with Crippen molar-refractivity contribution in [1.29, 1.82) is 0 Å². The van der Waals surface area contributed by atoms with E-state index in [-0.39, 0.29) is 36.4 Å². The second kappa shape index (κ2) is 27.8. The van der Waals surface area contributed by atoms with Gasteiger partial charge in [-0.05, 0) is 99.6 Å². The molecule has 1 aromatic heterocycles. The number of benzene rings is 2. The molecule has 3 aliphatic rings. The zero-order valence-electron chi connectivity index (χ0n) is 42.9. The van der Waals surface area contributed by atoms with Crippen molar-refractivity contribution in [2.75, 3.05) is 50.0 Å². The zero-order chi connectivity index (χ0) is 55.6. The molecule has 0 unspecified atom stereocenters. The average Bonchev–Trinajstić information content (AvgIpc) is 3.74. The van der Waals surface area contributed by atoms with E-state index in [2.05, 4.69) is 31.6 Å². The number of alkyl carbamates (subject to hydrolysis) is 1. The van der Waals surface area contributed by atoms with Crippen LogP contribution in [-0.2, 0) is 44.8 Å². The van der Waals surface area contributed by atoms with Gasteiger partial charge in [0, 0.05) is 74.5 Å². The van der Waals surface area contributed by atoms with Crippen molar-refractivity contribution in [1.82, 2.24) is 30.7 Å². The van der Waals surface area contributed by atoms with Crippen molar-refractivity contribution in [2.24, 2.45) is 5.92 Å². The zero-order valence-corrected chi connectivity index (χ0v) is 42.9. The number of carbonyl (C=O) groups excluding carboxylic acids is 8. The highest BCUT2D eigenvalue weighted by Crippen LogP contribution is 2.32. The van der Waals surface area contributed by atoms with E-state index in [9.17, 15) is 58.8 Å². The van der Waals surface area contributed by atoms with Crippen LogP contribution < -0.4 is 31.3 Å². The third kappa shape index (κ3) is 17.6. The summed E-state index contributed by atoms with van der Waals surface area (Å²) in [4.78, 5) is 109. The van der Waals surface area contributed by atoms with Gasteiger partial charge in [0.05, 0.1) is 18.8 Å². The molecule has 0 radical (unpaired) electrons. The summed E-state index contributed by atoms with van der Waals surface area (Å²) < 4.78 is 22.0. The van der Waals surface area contributed by atoms with Crippen LogP contribution in [0.1, 0.15) is 80.8 Å². The molecule has 3 aliphatic heterocycles. The first-order valence-electron chi connectivity index (χ1n) is 25.2. The first kappa shape index (κ1) is 58.5. The van der Waals surface area contributed by atoms with E-state index in [0.717, 1.165) is 49.8 Å². The molecule has 6 rings (SSSR count). The Balaban J connectivity index is 1.01. The second-order valence-corrected chi connectivity index (χ2v) is 19.4. The number of rotatable bonds is 22. The maximum absolute atomic E-state index is 13.5. The van der Waals surface area contributed by atoms with Crippen LogP contribution in [0.3, 0.4) is 0 Å². The Kier molecular flexibility index (Phi) is 21.2. The first-order chi connectivity index (χ1) is 36.8. The van der Waals surface area contributed by atoms with Gasteiger partial charge in [-0.25, -0.2) is 9.59 Å². The van der Waals surface area contributed by atoms with Crippen LogP contribution in [0.4, 0.5) is 21.0 Å². The number of pyridine rings is 1. The summed E-state index contributed by atoms with van der Waals surface area (Å²) in [6.07, 6.45) is 2.46. The van der Waals surface area contributed by atoms with Gasteiger partial charge in [-0.3, -0.25) is 44.0 Å². The average molecular weight is 1070 g/mol. The highest BCUT2D eigenvalue weighted by atomic mass is 16.7. The fraction of sp³-hybridized carbons (Fsp3) is 0.453. The number of ether oxygens (including phenoxy) is 4. The summed E-state index contributed by atoms with van der Waals surface area (Å²) in [6.45, 7) is 4.62. The van der Waals surface area contributed by atoms with Crippen LogP contribution in [0.2, 0.25) is 0 Å². The Morgan fingerprint density at radius 2 is 1.61 bits per heavy atom. The third-order valence-corrected chi connectivity index (χ3v) is 12.4. The molecule has 77 heavy (non-hydrogen) atoms. The summed E-state index contributed by atoms with van der Waals surface area (Å²) >= 11 is 0. The van der Waals surface area contributed by atoms with E-state index in [0.29, 0.717) is 47.3 Å². The molecule has 9 N–H and O–H groups in total. The Hall–Kier alpha value is -7.77. The molecular formula is C53H66N8O16. The fourth-order valence-electron chi connectivity index (χ4n) is 8.42. The number of aliphatic hydroxyl groups is 4. The summed E-state index contributed by atoms with van der Waals surface area (Å²) in [7, 11) is 0. The molecule has 0 bridgehead atoms. The quantitative estimate of drug-likeness (QED) is 0.0395. The minimum absolute atomic E-state index is 0.0687. The number of aliphatic hydroxyl groups excluding tert-OH is 4. The van der Waals surface area contributed by atoms with Crippen LogP contribution in [0.15, 0.2) is 85.2 Å². The Bertz CT molecular complexity index is 2620. The van der Waals surface area contributed by atoms with E-state index in [1.165, 1.54) is 24.3 Å². The number of nitrogens with one attached hydrogen (secondary N) is 5. The van der Waals surface area contributed by atoms with Gasteiger partial charge >= 0.3 is 12.2 Å². The predicted octanol–water partition coefficient (Wildman–Crippen LogP) is 2.12. The molecule has 8 amide bonds. The molecule has 2 saturated heterocycles. The van der Waals surface area contributed by atoms with Gasteiger partial charge in [0.2, 0.25) is 24.0 Å². The lowest BCUT2D eigenvalue weighted by atomic mass is 9.91. The Labute approximate surface area is 444 Å². The minimum Gasteiger partial charge on any atom is -0.460 e. The predicted molar refractivity (Wildman–Crippen MR) is 275 cm³/mol. The molecule has 414 valence electrons. The molecule has 2 aromatic carbocycles. The maximum Gasteiger partial charge on any atom is 0.411 e. The van der Waals surface area contributed by atoms with Crippen molar-refractivity contribution in [2.45, 2.75) is 108 Å². The van der Waals surface area contributed by atoms with E-state index < -0.39 is 97.7 Å². The number of piperidine rings is 1. The standard InChI is InChI=1S/C53H66N8O16/c1-53(2,3)77-51(72)57-29-38(61-43(65)16-17-44(61)66)48(70)56-23-18-42(64)59-37-26-34(12-14-39(37)75-50-47(69)46(68)45(67)40(30-62)76-50)31-74-52(73)58-36-11-6-10-35(27-36)49(71)60-24-19-32(20-25-60)8-4-5-22-55-41(63)15-13-33-9-7-21-54-28-33/h6-7,9-17,21,26-28,32,38,40,45-47,50,62,67-69H,4-5,8,18-20,22-25,29-31H2,1-3H3,(H,55,63)(H,56,70)(H,57,72)(H,58,73)(H,59,64)/b15-13+/t38-,40+,45+,46-,47-,50-/m0/s1. The maximum atomic E-state index is 13.5. The molecule has 0 spiro atoms. The number of hydrogen-bond donors (Lipinski definition) is 9. The Morgan fingerprint density at radius 3 is 2.31 bits per heavy atom. The number of anilines is 2. The number of carbonyl (C=O) groups is 8. The van der Waals surface area contributed by atoms with Crippen LogP contribution in [0.5, 0.6) is 5.75 Å². The van der Waals surface area contributed by atoms with Gasteiger partial charge in [-0.15, -0.1) is 0 Å². The van der Waals surface area contributed by atoms with Gasteiger partial charge in [-0.2, -0.15) is 0 Å². The molecule has 0 saturated carbocycles. The van der Waals surface area contributed by atoms with Crippen LogP contribution in [-0.4, -0.2) is 165 Å². The minimum atomic E-state index is -1.82. The summed E-state index contributed by atoms with van der Waals surface area (Å²) in [5.41, 5.74) is 0.855. The molecule has 6 atom stereocenters. The lowest BCUT2D eigenvalue weighted by Crippen LogP contribution is -2.60. The largest absolute Gasteiger partial charge is 0.460 e. The van der Waals surface area contributed by atoms with Gasteiger partial charge in [0.1, 0.15) is 48.4 Å². The SMILES string of the molecule is CC(C)(C)OC(=O)NC[C@@H](C(=O)NCCC(=O)Nc1cc(COC(=O)Nc2cccc(C(=O)N3CCC(CCCCNC(=O)/C=C/c4cccnc4)CC3)c2)ccc1O[C@H]1O[C@H](CO)[C@@H](O)[C@H](O)[C@@H]1O)N1C(=O)C=CC1=O. The molecular weight excluding hydrogens is 1000 g/mol. The molecule has 0 aliphatic carbocycles. The van der Waals surface area contributed by atoms with Crippen LogP contribution >= 0.6 is 0 Å². The van der Waals surface area contributed by atoms with E-state index in [4.69, 9.17) is 18.9 Å². The topological polar surface area (TPSA) is 334 Å². The van der Waals surface area contributed by atoms with E-state index in [1.807, 2.05) is 6.07 Å². The Morgan fingerprint density at radius 1 is 0.857 bits per heavy atom. The smallest absolute Gasteiger partial charge is 0.411 e. The monoisotopic (exact) mass is 1070 g/mol. The third-order valence-electron chi connectivity index (χ3n) is 12.4. The molecule has 24 heteroatoms. The number of aromatic nitrogens is 1. The number of likely N-dealkylation sites (tertiary alicyclic amines) is 1. The fourth-order valence-corrected chi connectivity index (χ4v) is 8.42. The second-order valence-electron chi connectivity index (χ2n) is 19.4. The van der Waals surface area contributed by atoms with Crippen LogP contribution in [0, 0.1) is 5.92 Å². The van der Waals surface area contributed by atoms with Gasteiger partial charge in [-0.1, -0.05) is 31.0 Å². The number of amides is 8. The van der Waals surface area contributed by atoms with Gasteiger partial charge in [0.15, 0.2) is 0 Å². The van der Waals surface area contributed by atoms with Crippen molar-refractivity contribution in [3.8, 4) is 5.75 Å². The number of unbranched alkanes of at least 4 members (excludes halogenated alkanes) is 1. The van der Waals surface area contributed by atoms with Crippen molar-refractivity contribution in [3.05, 3.63) is 102 Å². The van der Waals surface area contributed by atoms with Gasteiger partial charge < -0.3 is 65.5 Å². The summed E-state index contributed by atoms with van der Waals surface area (Å²) in [5.74, 6) is -3.24. The van der Waals surface area contributed by atoms with E-state index in [1.54, 1.807) is 74.5 Å². The van der Waals surface area contributed by atoms with Crippen molar-refractivity contribution >= 4 is 65.1 Å². The highest BCUT2D eigenvalue weighted by molar-refractivity contribution is 6.15. The summed E-state index contributed by atoms with van der Waals surface area (Å²) in [6, 6.07) is 12.7. The molecule has 4 heterocycles. The highest BCUT2D eigenvalue weighted by Gasteiger charge is 2.45. The van der Waals surface area contributed by atoms with Crippen LogP contribution in [0.25, 0.3) is 6.08 Å². The van der Waals surface area contributed by atoms with Crippen molar-refractivity contribution in [3.63, 3.8) is 0 Å². The van der Waals surface area contributed by atoms with Crippen molar-refractivity contribution < 1.29 is 77.7 Å². The first-order valence-corrected chi connectivity index (χ1v) is 25.2. The number of hydrogen-bond acceptors (Lipinski definition) is 17. The molecule has 24 nitrogen and oxygen atoms in total.